The number of hydrogen-bond acceptors (Lipinski definition) is 4. The molecule has 3 aromatic carbocycles. The predicted octanol–water partition coefficient (Wildman–Crippen LogP) is 4.04. The van der Waals surface area contributed by atoms with Crippen LogP contribution in [0.25, 0.3) is 22.0 Å². The highest BCUT2D eigenvalue weighted by molar-refractivity contribution is 5.94. The van der Waals surface area contributed by atoms with Crippen molar-refractivity contribution in [2.24, 2.45) is 0 Å². The number of H-pyrrole nitrogens is 1. The molecule has 0 saturated heterocycles. The number of fused-ring (bicyclic) bond motifs is 1. The molecule has 0 aliphatic carbocycles. The number of aromatic amines is 1. The molecule has 0 aliphatic rings. The van der Waals surface area contributed by atoms with Gasteiger partial charge < -0.3 is 5.32 Å². The van der Waals surface area contributed by atoms with Crippen molar-refractivity contribution in [3.63, 3.8) is 0 Å². The van der Waals surface area contributed by atoms with Crippen LogP contribution < -0.4 is 10.9 Å². The Balaban J connectivity index is 1.31. The molecule has 2 heterocycles. The highest BCUT2D eigenvalue weighted by atomic mass is 19.1. The van der Waals surface area contributed by atoms with Crippen molar-refractivity contribution < 1.29 is 13.6 Å². The number of benzene rings is 3. The van der Waals surface area contributed by atoms with Crippen LogP contribution in [0.1, 0.15) is 21.5 Å². The van der Waals surface area contributed by atoms with Crippen molar-refractivity contribution in [1.82, 2.24) is 25.1 Å². The van der Waals surface area contributed by atoms with E-state index in [2.05, 4.69) is 20.5 Å². The van der Waals surface area contributed by atoms with Gasteiger partial charge in [0.25, 0.3) is 11.5 Å². The van der Waals surface area contributed by atoms with E-state index in [-0.39, 0.29) is 24.2 Å². The zero-order chi connectivity index (χ0) is 24.4. The normalized spacial score (nSPS) is 11.0. The zero-order valence-corrected chi connectivity index (χ0v) is 18.3. The summed E-state index contributed by atoms with van der Waals surface area (Å²) in [7, 11) is 0. The maximum absolute atomic E-state index is 13.8. The largest absolute Gasteiger partial charge is 0.348 e. The minimum absolute atomic E-state index is 0.186. The van der Waals surface area contributed by atoms with Crippen LogP contribution in [0.3, 0.4) is 0 Å². The van der Waals surface area contributed by atoms with Crippen LogP contribution in [0.2, 0.25) is 0 Å². The Kier molecular flexibility index (Phi) is 5.88. The molecule has 0 aliphatic heterocycles. The van der Waals surface area contributed by atoms with Crippen molar-refractivity contribution >= 4 is 16.8 Å². The Morgan fingerprint density at radius 1 is 1.00 bits per heavy atom. The fraction of sp³-hybridized carbons (Fsp3) is 0.0769. The zero-order valence-electron chi connectivity index (χ0n) is 18.3. The molecule has 174 valence electrons. The summed E-state index contributed by atoms with van der Waals surface area (Å²) in [5.41, 5.74) is 3.06. The Hall–Kier alpha value is -4.66. The van der Waals surface area contributed by atoms with E-state index in [1.54, 1.807) is 48.8 Å². The second-order valence-electron chi connectivity index (χ2n) is 7.98. The summed E-state index contributed by atoms with van der Waals surface area (Å²) >= 11 is 0. The third kappa shape index (κ3) is 4.56. The van der Waals surface area contributed by atoms with Gasteiger partial charge >= 0.3 is 0 Å². The third-order valence-electron chi connectivity index (χ3n) is 5.71. The van der Waals surface area contributed by atoms with Gasteiger partial charge in [0.05, 0.1) is 30.0 Å². The van der Waals surface area contributed by atoms with Crippen LogP contribution >= 0.6 is 0 Å². The lowest BCUT2D eigenvalue weighted by Gasteiger charge is -2.10. The number of amides is 1. The van der Waals surface area contributed by atoms with Crippen molar-refractivity contribution in [1.29, 1.82) is 0 Å². The average molecular weight is 471 g/mol. The van der Waals surface area contributed by atoms with Gasteiger partial charge in [0.15, 0.2) is 0 Å². The Labute approximate surface area is 198 Å². The molecule has 0 radical (unpaired) electrons. The molecule has 0 saturated carbocycles. The number of nitrogens with zero attached hydrogens (tertiary/aromatic N) is 3. The van der Waals surface area contributed by atoms with Gasteiger partial charge in [0, 0.05) is 29.4 Å². The standard InChI is InChI=1S/C26H19F2N5O2/c27-22-2-1-3-23(28)21(22)13-29-25(34)17-6-4-16(5-7-17)14-33-15-30-24-9-8-18(10-20(24)26(33)35)19-11-31-32-12-19/h1-12,15H,13-14H2,(H,29,34)(H,31,32). The smallest absolute Gasteiger partial charge is 0.261 e. The first-order valence-corrected chi connectivity index (χ1v) is 10.8. The number of carbonyl (C=O) groups is 1. The fourth-order valence-corrected chi connectivity index (χ4v) is 3.79. The van der Waals surface area contributed by atoms with Gasteiger partial charge in [-0.15, -0.1) is 0 Å². The lowest BCUT2D eigenvalue weighted by Crippen LogP contribution is -2.24. The maximum atomic E-state index is 13.8. The minimum Gasteiger partial charge on any atom is -0.348 e. The van der Waals surface area contributed by atoms with Gasteiger partial charge in [0.1, 0.15) is 11.6 Å². The molecule has 0 spiro atoms. The topological polar surface area (TPSA) is 92.7 Å². The van der Waals surface area contributed by atoms with Crippen LogP contribution in [0, 0.1) is 11.6 Å². The second kappa shape index (κ2) is 9.30. The summed E-state index contributed by atoms with van der Waals surface area (Å²) < 4.78 is 29.0. The molecule has 2 N–H and O–H groups in total. The second-order valence-corrected chi connectivity index (χ2v) is 7.98. The van der Waals surface area contributed by atoms with Crippen LogP contribution in [0.15, 0.2) is 84.2 Å². The van der Waals surface area contributed by atoms with E-state index in [0.717, 1.165) is 28.8 Å². The number of aromatic nitrogens is 4. The van der Waals surface area contributed by atoms with Gasteiger partial charge in [-0.3, -0.25) is 19.3 Å². The maximum Gasteiger partial charge on any atom is 0.261 e. The average Bonchev–Trinajstić information content (AvgIpc) is 3.41. The van der Waals surface area contributed by atoms with Gasteiger partial charge in [-0.25, -0.2) is 13.8 Å². The quantitative estimate of drug-likeness (QED) is 0.391. The molecule has 35 heavy (non-hydrogen) atoms. The molecule has 0 unspecified atom stereocenters. The number of nitrogens with one attached hydrogen (secondary N) is 2. The van der Waals surface area contributed by atoms with Crippen LogP contribution in [-0.4, -0.2) is 25.7 Å². The van der Waals surface area contributed by atoms with E-state index in [4.69, 9.17) is 0 Å². The number of halogens is 2. The van der Waals surface area contributed by atoms with E-state index < -0.39 is 17.5 Å². The van der Waals surface area contributed by atoms with Crippen LogP contribution in [0.5, 0.6) is 0 Å². The van der Waals surface area contributed by atoms with Crippen molar-refractivity contribution in [3.05, 3.63) is 118 Å². The highest BCUT2D eigenvalue weighted by Gasteiger charge is 2.12. The minimum atomic E-state index is -0.716. The summed E-state index contributed by atoms with van der Waals surface area (Å²) in [4.78, 5) is 29.9. The number of hydrogen-bond donors (Lipinski definition) is 2. The Morgan fingerprint density at radius 2 is 1.77 bits per heavy atom. The summed E-state index contributed by atoms with van der Waals surface area (Å²) in [6, 6.07) is 15.6. The van der Waals surface area contributed by atoms with Gasteiger partial charge in [-0.2, -0.15) is 5.10 Å². The first-order chi connectivity index (χ1) is 17.0. The molecule has 9 heteroatoms. The molecule has 5 aromatic rings. The van der Waals surface area contributed by atoms with Gasteiger partial charge in [-0.1, -0.05) is 24.3 Å². The SMILES string of the molecule is O=C(NCc1c(F)cccc1F)c1ccc(Cn2cnc3ccc(-c4cn[nH]c4)cc3c2=O)cc1. The molecule has 0 bridgehead atoms. The fourth-order valence-electron chi connectivity index (χ4n) is 3.79. The monoisotopic (exact) mass is 471 g/mol. The van der Waals surface area contributed by atoms with Crippen molar-refractivity contribution in [3.8, 4) is 11.1 Å². The summed E-state index contributed by atoms with van der Waals surface area (Å²) in [5, 5.41) is 9.71. The van der Waals surface area contributed by atoms with E-state index in [9.17, 15) is 18.4 Å². The van der Waals surface area contributed by atoms with Crippen LogP contribution in [-0.2, 0) is 13.1 Å². The lowest BCUT2D eigenvalue weighted by molar-refractivity contribution is 0.0950. The third-order valence-corrected chi connectivity index (χ3v) is 5.71. The first kappa shape index (κ1) is 22.1. The van der Waals surface area contributed by atoms with Crippen molar-refractivity contribution in [2.45, 2.75) is 13.1 Å². The number of carbonyl (C=O) groups excluding carboxylic acids is 1. The Morgan fingerprint density at radius 3 is 2.49 bits per heavy atom. The molecule has 0 fully saturated rings. The summed E-state index contributed by atoms with van der Waals surface area (Å²) in [6.45, 7) is -0.00189. The van der Waals surface area contributed by atoms with Gasteiger partial charge in [-0.05, 0) is 47.5 Å². The van der Waals surface area contributed by atoms with E-state index in [1.807, 2.05) is 6.07 Å². The molecular weight excluding hydrogens is 452 g/mol. The molecule has 1 amide bonds. The van der Waals surface area contributed by atoms with Gasteiger partial charge in [0.2, 0.25) is 0 Å². The molecule has 5 rings (SSSR count). The number of rotatable bonds is 6. The first-order valence-electron chi connectivity index (χ1n) is 10.8. The molecule has 0 atom stereocenters. The molecule has 7 nitrogen and oxygen atoms in total. The Bertz CT molecular complexity index is 1560. The van der Waals surface area contributed by atoms with E-state index >= 15 is 0 Å². The van der Waals surface area contributed by atoms with E-state index in [1.165, 1.54) is 17.0 Å². The van der Waals surface area contributed by atoms with E-state index in [0.29, 0.717) is 16.5 Å². The van der Waals surface area contributed by atoms with Crippen LogP contribution in [0.4, 0.5) is 8.78 Å². The molecular formula is C26H19F2N5O2. The highest BCUT2D eigenvalue weighted by Crippen LogP contribution is 2.21. The summed E-state index contributed by atoms with van der Waals surface area (Å²) in [6.07, 6.45) is 4.92. The van der Waals surface area contributed by atoms with Crippen molar-refractivity contribution in [2.75, 3.05) is 0 Å². The summed E-state index contributed by atoms with van der Waals surface area (Å²) in [5.74, 6) is -1.89. The lowest BCUT2D eigenvalue weighted by atomic mass is 10.1. The predicted molar refractivity (Wildman–Crippen MR) is 127 cm³/mol. The molecule has 2 aromatic heterocycles.